The van der Waals surface area contributed by atoms with Crippen molar-refractivity contribution in [3.8, 4) is 6.07 Å². The van der Waals surface area contributed by atoms with Gasteiger partial charge in [-0.3, -0.25) is 4.79 Å². The molecule has 10 heteroatoms. The molecule has 0 aromatic carbocycles. The average molecular weight is 466 g/mol. The molecule has 0 radical (unpaired) electrons. The van der Waals surface area contributed by atoms with E-state index in [1.54, 1.807) is 23.4 Å². The lowest BCUT2D eigenvalue weighted by Gasteiger charge is -2.35. The van der Waals surface area contributed by atoms with E-state index in [0.717, 1.165) is 36.5 Å². The van der Waals surface area contributed by atoms with Crippen LogP contribution >= 0.6 is 0 Å². The molecule has 34 heavy (non-hydrogen) atoms. The van der Waals surface area contributed by atoms with Gasteiger partial charge in [-0.15, -0.1) is 0 Å². The molecule has 2 aliphatic rings. The van der Waals surface area contributed by atoms with Crippen molar-refractivity contribution in [2.75, 3.05) is 62.3 Å². The van der Waals surface area contributed by atoms with Crippen LogP contribution in [0.1, 0.15) is 24.0 Å². The maximum Gasteiger partial charge on any atom is 0.317 e. The summed E-state index contributed by atoms with van der Waals surface area (Å²) in [5, 5.41) is 11.8. The van der Waals surface area contributed by atoms with Crippen molar-refractivity contribution in [1.82, 2.24) is 20.2 Å². The topological polar surface area (TPSA) is 118 Å². The van der Waals surface area contributed by atoms with Gasteiger partial charge in [-0.2, -0.15) is 5.26 Å². The fraction of sp³-hybridized carbons (Fsp3) is 0.500. The zero-order valence-electron chi connectivity index (χ0n) is 19.5. The molecule has 0 saturated carbocycles. The molecule has 1 atom stereocenters. The number of hydrogen-bond acceptors (Lipinski definition) is 7. The number of carbonyl (C=O) groups is 1. The minimum atomic E-state index is -0.0855. The van der Waals surface area contributed by atoms with Gasteiger partial charge in [0.15, 0.2) is 0 Å². The van der Waals surface area contributed by atoms with Gasteiger partial charge < -0.3 is 29.7 Å². The van der Waals surface area contributed by atoms with Crippen LogP contribution in [0.2, 0.25) is 0 Å². The van der Waals surface area contributed by atoms with Crippen LogP contribution in [0.25, 0.3) is 0 Å². The Labute approximate surface area is 199 Å². The number of nitrogens with one attached hydrogen (secondary N) is 2. The fourth-order valence-corrected chi connectivity index (χ4v) is 4.52. The lowest BCUT2D eigenvalue weighted by atomic mass is 10.2. The zero-order chi connectivity index (χ0) is 23.9. The molecule has 2 amide bonds. The molecular weight excluding hydrogens is 434 g/mol. The fourth-order valence-electron chi connectivity index (χ4n) is 4.52. The monoisotopic (exact) mass is 465 g/mol. The first kappa shape index (κ1) is 23.6. The third kappa shape index (κ3) is 5.48. The number of nitrogens with zero attached hydrogens (tertiary/aromatic N) is 5. The van der Waals surface area contributed by atoms with Gasteiger partial charge in [-0.05, 0) is 38.0 Å². The number of rotatable bonds is 7. The van der Waals surface area contributed by atoms with Crippen molar-refractivity contribution in [3.63, 3.8) is 0 Å². The van der Waals surface area contributed by atoms with Crippen molar-refractivity contribution in [3.05, 3.63) is 52.1 Å². The molecule has 10 nitrogen and oxygen atoms in total. The molecule has 0 bridgehead atoms. The van der Waals surface area contributed by atoms with Gasteiger partial charge in [0.2, 0.25) is 0 Å². The van der Waals surface area contributed by atoms with E-state index in [0.29, 0.717) is 51.5 Å². The highest BCUT2D eigenvalue weighted by atomic mass is 16.5. The van der Waals surface area contributed by atoms with Gasteiger partial charge in [-0.1, -0.05) is 0 Å². The SMILES string of the molecule is Cc1c(N2CCC[C@H]2COCCNC(=O)N2CCN(c3ccc(C#N)cn3)CC2)cc[nH]c1=O. The van der Waals surface area contributed by atoms with Crippen LogP contribution in [0.4, 0.5) is 16.3 Å². The summed E-state index contributed by atoms with van der Waals surface area (Å²) >= 11 is 0. The number of ether oxygens (including phenoxy) is 1. The Morgan fingerprint density at radius 3 is 2.82 bits per heavy atom. The van der Waals surface area contributed by atoms with Crippen molar-refractivity contribution in [2.24, 2.45) is 0 Å². The lowest BCUT2D eigenvalue weighted by Crippen LogP contribution is -2.52. The van der Waals surface area contributed by atoms with Gasteiger partial charge in [0.1, 0.15) is 11.9 Å². The van der Waals surface area contributed by atoms with E-state index in [-0.39, 0.29) is 17.6 Å². The first-order chi connectivity index (χ1) is 16.6. The minimum absolute atomic E-state index is 0.0548. The van der Waals surface area contributed by atoms with Crippen LogP contribution in [-0.2, 0) is 4.74 Å². The predicted molar refractivity (Wildman–Crippen MR) is 129 cm³/mol. The van der Waals surface area contributed by atoms with Gasteiger partial charge in [-0.25, -0.2) is 9.78 Å². The van der Waals surface area contributed by atoms with Crippen LogP contribution in [0.15, 0.2) is 35.4 Å². The van der Waals surface area contributed by atoms with Crippen molar-refractivity contribution in [1.29, 1.82) is 5.26 Å². The highest BCUT2D eigenvalue weighted by Crippen LogP contribution is 2.26. The minimum Gasteiger partial charge on any atom is -0.377 e. The number of anilines is 2. The quantitative estimate of drug-likeness (QED) is 0.595. The molecule has 0 aliphatic carbocycles. The Balaban J connectivity index is 1.15. The standard InChI is InChI=1S/C24H31N7O3/c1-18-21(6-7-26-23(18)32)31-9-2-3-20(31)17-34-14-8-27-24(33)30-12-10-29(11-13-30)22-5-4-19(15-25)16-28-22/h4-7,16,20H,2-3,8-14,17H2,1H3,(H,26,32)(H,27,33)/t20-/m0/s1. The Morgan fingerprint density at radius 2 is 2.09 bits per heavy atom. The highest BCUT2D eigenvalue weighted by molar-refractivity contribution is 5.74. The third-order valence-electron chi connectivity index (χ3n) is 6.47. The number of piperazine rings is 1. The third-order valence-corrected chi connectivity index (χ3v) is 6.47. The maximum atomic E-state index is 12.5. The molecule has 0 unspecified atom stereocenters. The molecule has 4 heterocycles. The summed E-state index contributed by atoms with van der Waals surface area (Å²) in [4.78, 5) is 37.6. The Bertz CT molecular complexity index is 1070. The lowest BCUT2D eigenvalue weighted by molar-refractivity contribution is 0.121. The number of urea groups is 1. The van der Waals surface area contributed by atoms with E-state index in [9.17, 15) is 9.59 Å². The maximum absolute atomic E-state index is 12.5. The van der Waals surface area contributed by atoms with Crippen LogP contribution in [0.5, 0.6) is 0 Å². The number of carbonyl (C=O) groups excluding carboxylic acids is 1. The molecule has 180 valence electrons. The molecule has 2 aromatic heterocycles. The van der Waals surface area contributed by atoms with Gasteiger partial charge in [0, 0.05) is 62.9 Å². The zero-order valence-corrected chi connectivity index (χ0v) is 19.5. The van der Waals surface area contributed by atoms with Crippen molar-refractivity contribution < 1.29 is 9.53 Å². The number of nitriles is 1. The Hall–Kier alpha value is -3.58. The first-order valence-electron chi connectivity index (χ1n) is 11.7. The molecular formula is C24H31N7O3. The molecule has 2 saturated heterocycles. The summed E-state index contributed by atoms with van der Waals surface area (Å²) < 4.78 is 5.87. The summed E-state index contributed by atoms with van der Waals surface area (Å²) in [5.41, 5.74) is 2.19. The molecule has 4 rings (SSSR count). The summed E-state index contributed by atoms with van der Waals surface area (Å²) in [6.45, 7) is 6.84. The van der Waals surface area contributed by atoms with E-state index in [1.807, 2.05) is 19.1 Å². The number of amides is 2. The van der Waals surface area contributed by atoms with E-state index in [2.05, 4.69) is 31.2 Å². The largest absolute Gasteiger partial charge is 0.377 e. The Morgan fingerprint density at radius 1 is 1.26 bits per heavy atom. The normalized spacial score (nSPS) is 18.1. The summed E-state index contributed by atoms with van der Waals surface area (Å²) in [5.74, 6) is 0.823. The summed E-state index contributed by atoms with van der Waals surface area (Å²) in [6, 6.07) is 7.77. The van der Waals surface area contributed by atoms with Crippen molar-refractivity contribution >= 4 is 17.5 Å². The van der Waals surface area contributed by atoms with Crippen LogP contribution in [0, 0.1) is 18.3 Å². The Kier molecular flexibility index (Phi) is 7.65. The molecule has 0 spiro atoms. The average Bonchev–Trinajstić information content (AvgIpc) is 3.34. The van der Waals surface area contributed by atoms with Crippen molar-refractivity contribution in [2.45, 2.75) is 25.8 Å². The molecule has 2 fully saturated rings. The second kappa shape index (κ2) is 11.0. The van der Waals surface area contributed by atoms with E-state index in [1.165, 1.54) is 0 Å². The smallest absolute Gasteiger partial charge is 0.317 e. The van der Waals surface area contributed by atoms with Crippen LogP contribution in [-0.4, -0.2) is 79.4 Å². The van der Waals surface area contributed by atoms with Gasteiger partial charge in [0.25, 0.3) is 5.56 Å². The van der Waals surface area contributed by atoms with Crippen LogP contribution in [0.3, 0.4) is 0 Å². The van der Waals surface area contributed by atoms with E-state index in [4.69, 9.17) is 10.00 Å². The molecule has 2 aliphatic heterocycles. The number of aromatic nitrogens is 2. The van der Waals surface area contributed by atoms with Crippen LogP contribution < -0.4 is 20.7 Å². The number of hydrogen-bond donors (Lipinski definition) is 2. The second-order valence-electron chi connectivity index (χ2n) is 8.60. The van der Waals surface area contributed by atoms with Gasteiger partial charge in [0.05, 0.1) is 24.8 Å². The predicted octanol–water partition coefficient (Wildman–Crippen LogP) is 1.47. The molecule has 2 aromatic rings. The highest BCUT2D eigenvalue weighted by Gasteiger charge is 2.26. The van der Waals surface area contributed by atoms with Gasteiger partial charge >= 0.3 is 6.03 Å². The number of pyridine rings is 2. The van der Waals surface area contributed by atoms with E-state index < -0.39 is 0 Å². The first-order valence-corrected chi connectivity index (χ1v) is 11.7. The summed E-state index contributed by atoms with van der Waals surface area (Å²) in [6.07, 6.45) is 5.36. The number of aromatic amines is 1. The summed E-state index contributed by atoms with van der Waals surface area (Å²) in [7, 11) is 0. The van der Waals surface area contributed by atoms with E-state index >= 15 is 0 Å². The molecule has 2 N–H and O–H groups in total. The second-order valence-corrected chi connectivity index (χ2v) is 8.60. The number of H-pyrrole nitrogens is 1.